The van der Waals surface area contributed by atoms with Crippen LogP contribution in [0.2, 0.25) is 5.28 Å². The molecule has 0 amide bonds. The van der Waals surface area contributed by atoms with Gasteiger partial charge in [0, 0.05) is 12.6 Å². The number of halogens is 1. The molecular formula is C11H16ClN3O4S. The van der Waals surface area contributed by atoms with E-state index in [1.165, 1.54) is 0 Å². The van der Waals surface area contributed by atoms with Gasteiger partial charge in [-0.2, -0.15) is 4.21 Å². The second kappa shape index (κ2) is 6.77. The van der Waals surface area contributed by atoms with Gasteiger partial charge in [0.1, 0.15) is 11.9 Å². The molecule has 1 aliphatic rings. The Morgan fingerprint density at radius 3 is 3.05 bits per heavy atom. The summed E-state index contributed by atoms with van der Waals surface area (Å²) in [4.78, 5) is 10.3. The molecule has 1 aliphatic heterocycles. The number of nitrogens with zero attached hydrogens (tertiary/aromatic N) is 3. The van der Waals surface area contributed by atoms with Crippen molar-refractivity contribution >= 4 is 28.8 Å². The molecule has 9 heteroatoms. The minimum Gasteiger partial charge on any atom is -0.377 e. The molecule has 112 valence electrons. The van der Waals surface area contributed by atoms with E-state index in [1.807, 2.05) is 6.92 Å². The van der Waals surface area contributed by atoms with E-state index in [9.17, 15) is 4.21 Å². The number of aromatic nitrogens is 2. The van der Waals surface area contributed by atoms with Crippen LogP contribution >= 0.6 is 11.6 Å². The average molecular weight is 322 g/mol. The fourth-order valence-corrected chi connectivity index (χ4v) is 2.55. The summed E-state index contributed by atoms with van der Waals surface area (Å²) < 4.78 is 29.6. The molecule has 0 radical (unpaired) electrons. The molecule has 2 heterocycles. The third kappa shape index (κ3) is 3.86. The Bertz CT molecular complexity index is 505. The highest BCUT2D eigenvalue weighted by Gasteiger charge is 2.22. The van der Waals surface area contributed by atoms with E-state index in [0.29, 0.717) is 31.3 Å². The van der Waals surface area contributed by atoms with E-state index in [4.69, 9.17) is 25.1 Å². The van der Waals surface area contributed by atoms with Gasteiger partial charge in [0.2, 0.25) is 5.28 Å². The minimum absolute atomic E-state index is 0.0790. The zero-order chi connectivity index (χ0) is 14.7. The standard InChI is InChI=1S/C11H16ClN3O4S/c1-7-6-18-4-3-15(7)10-5-9(13-11(12)14-10)8(2)19-20(16)17/h5,7-8H,3-4,6H2,1-2H3,(H,16,17)/t7-,8?/m0/s1. The van der Waals surface area contributed by atoms with Crippen molar-refractivity contribution in [3.63, 3.8) is 0 Å². The first-order chi connectivity index (χ1) is 9.47. The third-order valence-electron chi connectivity index (χ3n) is 3.01. The summed E-state index contributed by atoms with van der Waals surface area (Å²) in [6, 6.07) is 1.89. The quantitative estimate of drug-likeness (QED) is 0.665. The van der Waals surface area contributed by atoms with Crippen molar-refractivity contribution in [1.82, 2.24) is 9.97 Å². The Morgan fingerprint density at radius 2 is 2.40 bits per heavy atom. The monoisotopic (exact) mass is 321 g/mol. The molecule has 7 nitrogen and oxygen atoms in total. The SMILES string of the molecule is CC(OS(=O)O)c1cc(N2CCOC[C@@H]2C)nc(Cl)n1. The van der Waals surface area contributed by atoms with Crippen molar-refractivity contribution in [2.45, 2.75) is 26.0 Å². The van der Waals surface area contributed by atoms with E-state index >= 15 is 0 Å². The molecule has 1 N–H and O–H groups in total. The summed E-state index contributed by atoms with van der Waals surface area (Å²) in [5.74, 6) is 0.662. The summed E-state index contributed by atoms with van der Waals surface area (Å²) >= 11 is 3.57. The van der Waals surface area contributed by atoms with Crippen molar-refractivity contribution in [3.05, 3.63) is 17.0 Å². The van der Waals surface area contributed by atoms with Gasteiger partial charge in [-0.25, -0.2) is 9.97 Å². The fraction of sp³-hybridized carbons (Fsp3) is 0.636. The smallest absolute Gasteiger partial charge is 0.302 e. The lowest BCUT2D eigenvalue weighted by molar-refractivity contribution is 0.0985. The van der Waals surface area contributed by atoms with Crippen LogP contribution in [0.3, 0.4) is 0 Å². The highest BCUT2D eigenvalue weighted by molar-refractivity contribution is 7.74. The van der Waals surface area contributed by atoms with Crippen LogP contribution in [-0.2, 0) is 20.3 Å². The first-order valence-electron chi connectivity index (χ1n) is 6.14. The maximum atomic E-state index is 10.7. The van der Waals surface area contributed by atoms with Crippen molar-refractivity contribution < 1.29 is 17.7 Å². The van der Waals surface area contributed by atoms with Crippen LogP contribution in [0.5, 0.6) is 0 Å². The minimum atomic E-state index is -2.36. The van der Waals surface area contributed by atoms with Crippen LogP contribution < -0.4 is 4.90 Å². The lowest BCUT2D eigenvalue weighted by Crippen LogP contribution is -2.44. The van der Waals surface area contributed by atoms with Crippen LogP contribution in [0.15, 0.2) is 6.07 Å². The van der Waals surface area contributed by atoms with Gasteiger partial charge in [0.25, 0.3) is 0 Å². The van der Waals surface area contributed by atoms with E-state index in [-0.39, 0.29) is 11.3 Å². The van der Waals surface area contributed by atoms with Crippen LogP contribution in [-0.4, -0.2) is 44.5 Å². The fourth-order valence-electron chi connectivity index (χ4n) is 2.02. The van der Waals surface area contributed by atoms with E-state index in [1.54, 1.807) is 13.0 Å². The van der Waals surface area contributed by atoms with Gasteiger partial charge < -0.3 is 9.64 Å². The van der Waals surface area contributed by atoms with Crippen molar-refractivity contribution in [2.75, 3.05) is 24.7 Å². The molecule has 0 aromatic carbocycles. The molecule has 0 aliphatic carbocycles. The largest absolute Gasteiger partial charge is 0.377 e. The van der Waals surface area contributed by atoms with E-state index in [2.05, 4.69) is 14.9 Å². The molecule has 1 saturated heterocycles. The zero-order valence-electron chi connectivity index (χ0n) is 11.2. The first kappa shape index (κ1) is 15.6. The lowest BCUT2D eigenvalue weighted by Gasteiger charge is -2.34. The second-order valence-corrected chi connectivity index (χ2v) is 5.46. The van der Waals surface area contributed by atoms with Gasteiger partial charge in [-0.15, -0.1) is 0 Å². The molecule has 0 bridgehead atoms. The second-order valence-electron chi connectivity index (χ2n) is 4.49. The van der Waals surface area contributed by atoms with Gasteiger partial charge in [-0.3, -0.25) is 8.74 Å². The van der Waals surface area contributed by atoms with Crippen LogP contribution in [0.1, 0.15) is 25.6 Å². The van der Waals surface area contributed by atoms with Crippen molar-refractivity contribution in [2.24, 2.45) is 0 Å². The summed E-state index contributed by atoms with van der Waals surface area (Å²) in [5, 5.41) is 0.0790. The summed E-state index contributed by atoms with van der Waals surface area (Å²) in [6.45, 7) is 5.59. The molecule has 2 unspecified atom stereocenters. The number of ether oxygens (including phenoxy) is 1. The Kier molecular flexibility index (Phi) is 5.28. The molecule has 0 spiro atoms. The number of hydrogen-bond acceptors (Lipinski definition) is 6. The molecule has 20 heavy (non-hydrogen) atoms. The normalized spacial score (nSPS) is 22.6. The Hall–Kier alpha value is -0.800. The molecule has 0 saturated carbocycles. The van der Waals surface area contributed by atoms with Crippen LogP contribution in [0, 0.1) is 0 Å². The highest BCUT2D eigenvalue weighted by atomic mass is 35.5. The molecule has 1 fully saturated rings. The number of rotatable bonds is 4. The number of hydrogen-bond donors (Lipinski definition) is 1. The van der Waals surface area contributed by atoms with Gasteiger partial charge in [0.05, 0.1) is 24.9 Å². The molecular weight excluding hydrogens is 306 g/mol. The molecule has 1 aromatic rings. The predicted octanol–water partition coefficient (Wildman–Crippen LogP) is 1.57. The average Bonchev–Trinajstić information content (AvgIpc) is 2.37. The summed E-state index contributed by atoms with van der Waals surface area (Å²) in [7, 11) is 0. The van der Waals surface area contributed by atoms with Gasteiger partial charge >= 0.3 is 11.4 Å². The summed E-state index contributed by atoms with van der Waals surface area (Å²) in [5.41, 5.74) is 0.459. The molecule has 3 atom stereocenters. The van der Waals surface area contributed by atoms with Gasteiger partial charge in [0.15, 0.2) is 0 Å². The Morgan fingerprint density at radius 1 is 1.65 bits per heavy atom. The first-order valence-corrected chi connectivity index (χ1v) is 7.55. The Balaban J connectivity index is 2.25. The lowest BCUT2D eigenvalue weighted by atomic mass is 10.2. The maximum Gasteiger partial charge on any atom is 0.302 e. The number of anilines is 1. The predicted molar refractivity (Wildman–Crippen MR) is 74.9 cm³/mol. The van der Waals surface area contributed by atoms with Crippen LogP contribution in [0.25, 0.3) is 0 Å². The number of morpholine rings is 1. The van der Waals surface area contributed by atoms with Crippen molar-refractivity contribution in [1.29, 1.82) is 0 Å². The van der Waals surface area contributed by atoms with E-state index < -0.39 is 17.5 Å². The van der Waals surface area contributed by atoms with Gasteiger partial charge in [-0.1, -0.05) is 0 Å². The van der Waals surface area contributed by atoms with Crippen LogP contribution in [0.4, 0.5) is 5.82 Å². The molecule has 1 aromatic heterocycles. The van der Waals surface area contributed by atoms with Gasteiger partial charge in [-0.05, 0) is 25.4 Å². The highest BCUT2D eigenvalue weighted by Crippen LogP contribution is 2.24. The van der Waals surface area contributed by atoms with E-state index in [0.717, 1.165) is 0 Å². The zero-order valence-corrected chi connectivity index (χ0v) is 12.7. The molecule has 2 rings (SSSR count). The Labute approximate surface area is 124 Å². The maximum absolute atomic E-state index is 10.7. The third-order valence-corrected chi connectivity index (χ3v) is 3.63. The van der Waals surface area contributed by atoms with Crippen molar-refractivity contribution in [3.8, 4) is 0 Å². The topological polar surface area (TPSA) is 84.8 Å². The summed E-state index contributed by atoms with van der Waals surface area (Å²) in [6.07, 6.45) is -0.656.